The number of hydrogen-bond acceptors (Lipinski definition) is 3. The predicted molar refractivity (Wildman–Crippen MR) is 42.3 cm³/mol. The summed E-state index contributed by atoms with van der Waals surface area (Å²) in [4.78, 5) is 4.03. The maximum atomic E-state index is 8.27. The van der Waals surface area contributed by atoms with Gasteiger partial charge in [0.25, 0.3) is 0 Å². The van der Waals surface area contributed by atoms with Gasteiger partial charge in [0, 0.05) is 5.92 Å². The molecule has 3 heteroatoms. The molecule has 3 nitrogen and oxygen atoms in total. The molecule has 1 aliphatic rings. The van der Waals surface area contributed by atoms with Crippen LogP contribution in [-0.2, 0) is 4.74 Å². The Balaban J connectivity index is 2.38. The van der Waals surface area contributed by atoms with Crippen LogP contribution in [0.25, 0.3) is 0 Å². The number of rotatable bonds is 3. The van der Waals surface area contributed by atoms with Crippen LogP contribution in [0, 0.1) is 17.2 Å². The molecule has 0 spiro atoms. The topological polar surface area (TPSA) is 45.4 Å². The van der Waals surface area contributed by atoms with Gasteiger partial charge in [-0.05, 0) is 19.8 Å². The summed E-state index contributed by atoms with van der Waals surface area (Å²) < 4.78 is 5.27. The first-order valence-corrected chi connectivity index (χ1v) is 3.92. The van der Waals surface area contributed by atoms with Gasteiger partial charge in [0.15, 0.2) is 5.90 Å². The Morgan fingerprint density at radius 2 is 2.45 bits per heavy atom. The minimum absolute atomic E-state index is 0.228. The summed E-state index contributed by atoms with van der Waals surface area (Å²) in [6.45, 7) is 2.82. The van der Waals surface area contributed by atoms with E-state index in [2.05, 4.69) is 4.99 Å². The Kier molecular flexibility index (Phi) is 2.91. The van der Waals surface area contributed by atoms with E-state index < -0.39 is 0 Å². The summed E-state index contributed by atoms with van der Waals surface area (Å²) >= 11 is 0. The minimum Gasteiger partial charge on any atom is -0.481 e. The zero-order valence-corrected chi connectivity index (χ0v) is 6.71. The summed E-state index contributed by atoms with van der Waals surface area (Å²) in [5, 5.41) is 8.27. The number of ether oxygens (including phenoxy) is 1. The van der Waals surface area contributed by atoms with Gasteiger partial charge in [-0.15, -0.1) is 0 Å². The molecule has 0 bridgehead atoms. The molecule has 0 aromatic rings. The van der Waals surface area contributed by atoms with Crippen LogP contribution in [-0.4, -0.2) is 19.0 Å². The third-order valence-electron chi connectivity index (χ3n) is 1.52. The first-order chi connectivity index (χ1) is 5.38. The van der Waals surface area contributed by atoms with Crippen LogP contribution in [0.3, 0.4) is 0 Å². The fourth-order valence-electron chi connectivity index (χ4n) is 0.884. The normalized spacial score (nSPS) is 17.6. The summed E-state index contributed by atoms with van der Waals surface area (Å²) in [5.41, 5.74) is 0. The van der Waals surface area contributed by atoms with Crippen molar-refractivity contribution < 1.29 is 4.74 Å². The Morgan fingerprint density at radius 3 is 2.91 bits per heavy atom. The largest absolute Gasteiger partial charge is 0.481 e. The van der Waals surface area contributed by atoms with Crippen molar-refractivity contribution in [2.45, 2.75) is 19.8 Å². The monoisotopic (exact) mass is 152 g/mol. The van der Waals surface area contributed by atoms with Gasteiger partial charge in [-0.25, -0.2) is 4.99 Å². The van der Waals surface area contributed by atoms with Crippen LogP contribution in [0.1, 0.15) is 19.8 Å². The molecule has 60 valence electrons. The highest BCUT2D eigenvalue weighted by molar-refractivity contribution is 5.81. The van der Waals surface area contributed by atoms with E-state index in [9.17, 15) is 0 Å². The van der Waals surface area contributed by atoms with E-state index in [0.29, 0.717) is 12.5 Å². The van der Waals surface area contributed by atoms with Gasteiger partial charge in [-0.2, -0.15) is 5.26 Å². The van der Waals surface area contributed by atoms with Gasteiger partial charge in [-0.3, -0.25) is 0 Å². The predicted octanol–water partition coefficient (Wildman–Crippen LogP) is 1.35. The highest BCUT2D eigenvalue weighted by atomic mass is 16.5. The van der Waals surface area contributed by atoms with Crippen molar-refractivity contribution in [3.05, 3.63) is 0 Å². The molecule has 0 N–H and O–H groups in total. The Hall–Kier alpha value is -1.04. The van der Waals surface area contributed by atoms with Gasteiger partial charge >= 0.3 is 0 Å². The molecule has 0 aromatic carbocycles. The Bertz CT molecular complexity index is 189. The minimum atomic E-state index is 0.228. The van der Waals surface area contributed by atoms with Crippen LogP contribution < -0.4 is 0 Å². The molecule has 0 saturated heterocycles. The van der Waals surface area contributed by atoms with E-state index in [1.165, 1.54) is 12.8 Å². The Labute approximate surface area is 66.7 Å². The zero-order chi connectivity index (χ0) is 8.10. The highest BCUT2D eigenvalue weighted by Crippen LogP contribution is 2.30. The number of nitrogens with zero attached hydrogens (tertiary/aromatic N) is 2. The lowest BCUT2D eigenvalue weighted by Crippen LogP contribution is -2.07. The average molecular weight is 152 g/mol. The van der Waals surface area contributed by atoms with Crippen molar-refractivity contribution in [2.24, 2.45) is 10.9 Å². The van der Waals surface area contributed by atoms with Crippen LogP contribution in [0.15, 0.2) is 4.99 Å². The lowest BCUT2D eigenvalue weighted by atomic mass is 10.4. The maximum absolute atomic E-state index is 8.27. The molecule has 1 aliphatic carbocycles. The van der Waals surface area contributed by atoms with Crippen molar-refractivity contribution in [3.8, 4) is 6.07 Å². The number of nitriles is 1. The molecule has 1 saturated carbocycles. The third kappa shape index (κ3) is 2.58. The molecule has 0 amide bonds. The molecule has 0 heterocycles. The first kappa shape index (κ1) is 8.06. The number of aliphatic imine (C=N–C) groups is 1. The van der Waals surface area contributed by atoms with Crippen molar-refractivity contribution in [1.29, 1.82) is 5.26 Å². The van der Waals surface area contributed by atoms with Gasteiger partial charge in [-0.1, -0.05) is 0 Å². The van der Waals surface area contributed by atoms with Crippen LogP contribution in [0.5, 0.6) is 0 Å². The fraction of sp³-hybridized carbons (Fsp3) is 0.750. The molecule has 0 aliphatic heterocycles. The van der Waals surface area contributed by atoms with Crippen molar-refractivity contribution in [3.63, 3.8) is 0 Å². The van der Waals surface area contributed by atoms with Crippen molar-refractivity contribution in [2.75, 3.05) is 13.2 Å². The summed E-state index contributed by atoms with van der Waals surface area (Å²) in [6, 6.07) is 1.97. The fourth-order valence-corrected chi connectivity index (χ4v) is 0.884. The molecule has 0 atom stereocenters. The second kappa shape index (κ2) is 3.97. The molecule has 0 aromatic heterocycles. The standard InChI is InChI=1S/C8H12N2O/c1-2-11-8(7-3-4-7)10-6-5-9/h7H,2-4,6H2,1H3/b10-8-. The van der Waals surface area contributed by atoms with Crippen molar-refractivity contribution in [1.82, 2.24) is 0 Å². The van der Waals surface area contributed by atoms with Gasteiger partial charge in [0.2, 0.25) is 0 Å². The van der Waals surface area contributed by atoms with Crippen LogP contribution >= 0.6 is 0 Å². The van der Waals surface area contributed by atoms with E-state index in [-0.39, 0.29) is 6.54 Å². The first-order valence-electron chi connectivity index (χ1n) is 3.92. The van der Waals surface area contributed by atoms with E-state index in [1.54, 1.807) is 0 Å². The lowest BCUT2D eigenvalue weighted by molar-refractivity contribution is 0.313. The zero-order valence-electron chi connectivity index (χ0n) is 6.71. The number of hydrogen-bond donors (Lipinski definition) is 0. The molecule has 11 heavy (non-hydrogen) atoms. The molecular formula is C8H12N2O. The summed E-state index contributed by atoms with van der Waals surface area (Å²) in [6.07, 6.45) is 2.34. The molecule has 0 radical (unpaired) electrons. The molecular weight excluding hydrogens is 140 g/mol. The Morgan fingerprint density at radius 1 is 1.73 bits per heavy atom. The van der Waals surface area contributed by atoms with E-state index in [1.807, 2.05) is 13.0 Å². The molecule has 1 rings (SSSR count). The smallest absolute Gasteiger partial charge is 0.187 e. The lowest BCUT2D eigenvalue weighted by Gasteiger charge is -2.03. The van der Waals surface area contributed by atoms with E-state index >= 15 is 0 Å². The highest BCUT2D eigenvalue weighted by Gasteiger charge is 2.28. The quantitative estimate of drug-likeness (QED) is 0.348. The van der Waals surface area contributed by atoms with Crippen molar-refractivity contribution >= 4 is 5.90 Å². The average Bonchev–Trinajstić information content (AvgIpc) is 2.80. The SMILES string of the molecule is CCO/C(=N\CC#N)C1CC1. The van der Waals surface area contributed by atoms with E-state index in [4.69, 9.17) is 10.00 Å². The van der Waals surface area contributed by atoms with Crippen LogP contribution in [0.2, 0.25) is 0 Å². The second-order valence-electron chi connectivity index (χ2n) is 2.52. The summed E-state index contributed by atoms with van der Waals surface area (Å²) in [7, 11) is 0. The van der Waals surface area contributed by atoms with Gasteiger partial charge < -0.3 is 4.74 Å². The summed E-state index contributed by atoms with van der Waals surface area (Å²) in [5.74, 6) is 1.30. The molecule has 0 unspecified atom stereocenters. The van der Waals surface area contributed by atoms with Gasteiger partial charge in [0.05, 0.1) is 12.7 Å². The second-order valence-corrected chi connectivity index (χ2v) is 2.52. The van der Waals surface area contributed by atoms with E-state index in [0.717, 1.165) is 5.90 Å². The maximum Gasteiger partial charge on any atom is 0.187 e. The van der Waals surface area contributed by atoms with Crippen LogP contribution in [0.4, 0.5) is 0 Å². The molecule has 1 fully saturated rings. The van der Waals surface area contributed by atoms with Gasteiger partial charge in [0.1, 0.15) is 6.54 Å². The third-order valence-corrected chi connectivity index (χ3v) is 1.52.